The summed E-state index contributed by atoms with van der Waals surface area (Å²) >= 11 is 8.30. The SMILES string of the molecule is O=C1OC(c2ccccc2Cl)=N/C1=C\c1cccc(I)c1. The Hall–Kier alpha value is -1.66. The van der Waals surface area contributed by atoms with Crippen molar-refractivity contribution in [3.05, 3.63) is 73.9 Å². The molecule has 2 aromatic carbocycles. The van der Waals surface area contributed by atoms with Crippen molar-refractivity contribution < 1.29 is 9.53 Å². The summed E-state index contributed by atoms with van der Waals surface area (Å²) in [6.45, 7) is 0. The van der Waals surface area contributed by atoms with Gasteiger partial charge in [-0.3, -0.25) is 0 Å². The smallest absolute Gasteiger partial charge is 0.363 e. The van der Waals surface area contributed by atoms with Gasteiger partial charge >= 0.3 is 5.97 Å². The molecular formula is C16H9ClINO2. The average molecular weight is 410 g/mol. The Labute approximate surface area is 140 Å². The summed E-state index contributed by atoms with van der Waals surface area (Å²) in [6, 6.07) is 14.9. The van der Waals surface area contributed by atoms with Gasteiger partial charge < -0.3 is 4.74 Å². The van der Waals surface area contributed by atoms with Crippen molar-refractivity contribution in [1.82, 2.24) is 0 Å². The number of nitrogens with zero attached hydrogens (tertiary/aromatic N) is 1. The molecule has 3 nitrogen and oxygen atoms in total. The van der Waals surface area contributed by atoms with Crippen LogP contribution in [0.25, 0.3) is 6.08 Å². The van der Waals surface area contributed by atoms with Crippen LogP contribution in [0.1, 0.15) is 11.1 Å². The van der Waals surface area contributed by atoms with E-state index in [0.29, 0.717) is 10.6 Å². The van der Waals surface area contributed by atoms with Crippen LogP contribution in [0.3, 0.4) is 0 Å². The van der Waals surface area contributed by atoms with Crippen molar-refractivity contribution in [2.24, 2.45) is 4.99 Å². The summed E-state index contributed by atoms with van der Waals surface area (Å²) in [4.78, 5) is 16.2. The fourth-order valence-corrected chi connectivity index (χ4v) is 2.70. The first-order valence-electron chi connectivity index (χ1n) is 6.16. The zero-order valence-corrected chi connectivity index (χ0v) is 13.6. The van der Waals surface area contributed by atoms with Crippen molar-refractivity contribution >= 4 is 52.1 Å². The average Bonchev–Trinajstić information content (AvgIpc) is 2.80. The van der Waals surface area contributed by atoms with E-state index < -0.39 is 5.97 Å². The first kappa shape index (κ1) is 14.3. The molecule has 5 heteroatoms. The molecule has 1 aliphatic rings. The van der Waals surface area contributed by atoms with Crippen molar-refractivity contribution in [2.45, 2.75) is 0 Å². The molecule has 1 aliphatic heterocycles. The first-order chi connectivity index (χ1) is 10.1. The van der Waals surface area contributed by atoms with Gasteiger partial charge in [-0.05, 0) is 58.5 Å². The Balaban J connectivity index is 1.98. The van der Waals surface area contributed by atoms with Gasteiger partial charge in [-0.25, -0.2) is 9.79 Å². The maximum Gasteiger partial charge on any atom is 0.363 e. The van der Waals surface area contributed by atoms with Crippen molar-refractivity contribution in [1.29, 1.82) is 0 Å². The molecule has 0 aliphatic carbocycles. The van der Waals surface area contributed by atoms with Gasteiger partial charge in [-0.15, -0.1) is 0 Å². The molecule has 3 rings (SSSR count). The highest BCUT2D eigenvalue weighted by atomic mass is 127. The lowest BCUT2D eigenvalue weighted by atomic mass is 10.2. The van der Waals surface area contributed by atoms with Crippen LogP contribution in [-0.2, 0) is 9.53 Å². The minimum absolute atomic E-state index is 0.238. The zero-order chi connectivity index (χ0) is 14.8. The fourth-order valence-electron chi connectivity index (χ4n) is 1.91. The number of esters is 1. The fraction of sp³-hybridized carbons (Fsp3) is 0. The second-order valence-corrected chi connectivity index (χ2v) is 6.02. The van der Waals surface area contributed by atoms with E-state index in [1.165, 1.54) is 0 Å². The molecule has 0 N–H and O–H groups in total. The Kier molecular flexibility index (Phi) is 4.07. The number of carbonyl (C=O) groups excluding carboxylic acids is 1. The Morgan fingerprint density at radius 1 is 1.14 bits per heavy atom. The molecule has 2 aromatic rings. The summed E-state index contributed by atoms with van der Waals surface area (Å²) in [5.74, 6) is -0.230. The summed E-state index contributed by atoms with van der Waals surface area (Å²) < 4.78 is 6.29. The van der Waals surface area contributed by atoms with Gasteiger partial charge in [0.1, 0.15) is 0 Å². The Morgan fingerprint density at radius 3 is 2.71 bits per heavy atom. The van der Waals surface area contributed by atoms with E-state index in [-0.39, 0.29) is 11.6 Å². The summed E-state index contributed by atoms with van der Waals surface area (Å²) in [5, 5.41) is 0.500. The quantitative estimate of drug-likeness (QED) is 0.422. The number of hydrogen-bond donors (Lipinski definition) is 0. The lowest BCUT2D eigenvalue weighted by molar-refractivity contribution is -0.129. The standard InChI is InChI=1S/C16H9ClINO2/c17-13-7-2-1-6-12(13)15-19-14(16(20)21-15)9-10-4-3-5-11(18)8-10/h1-9H/b14-9-. The molecule has 0 saturated carbocycles. The number of hydrogen-bond acceptors (Lipinski definition) is 3. The van der Waals surface area contributed by atoms with Gasteiger partial charge in [0.25, 0.3) is 0 Å². The van der Waals surface area contributed by atoms with Crippen LogP contribution < -0.4 is 0 Å². The van der Waals surface area contributed by atoms with Crippen LogP contribution >= 0.6 is 34.2 Å². The first-order valence-corrected chi connectivity index (χ1v) is 7.62. The minimum atomic E-state index is -0.469. The molecule has 0 atom stereocenters. The topological polar surface area (TPSA) is 38.7 Å². The molecule has 104 valence electrons. The third-order valence-electron chi connectivity index (χ3n) is 2.88. The van der Waals surface area contributed by atoms with Gasteiger partial charge in [0.05, 0.1) is 10.6 Å². The minimum Gasteiger partial charge on any atom is -0.402 e. The molecule has 0 unspecified atom stereocenters. The summed E-state index contributed by atoms with van der Waals surface area (Å²) in [6.07, 6.45) is 1.70. The van der Waals surface area contributed by atoms with Crippen LogP contribution in [0, 0.1) is 3.57 Å². The summed E-state index contributed by atoms with van der Waals surface area (Å²) in [7, 11) is 0. The molecule has 0 aromatic heterocycles. The van der Waals surface area contributed by atoms with Crippen LogP contribution in [0.5, 0.6) is 0 Å². The lowest BCUT2D eigenvalue weighted by Crippen LogP contribution is -2.05. The van der Waals surface area contributed by atoms with Crippen LogP contribution in [0.2, 0.25) is 5.02 Å². The van der Waals surface area contributed by atoms with Gasteiger partial charge in [0, 0.05) is 3.57 Å². The second-order valence-electron chi connectivity index (χ2n) is 4.37. The number of benzene rings is 2. The molecule has 21 heavy (non-hydrogen) atoms. The lowest BCUT2D eigenvalue weighted by Gasteiger charge is -2.00. The molecule has 0 fully saturated rings. The van der Waals surface area contributed by atoms with E-state index in [0.717, 1.165) is 9.13 Å². The van der Waals surface area contributed by atoms with E-state index in [2.05, 4.69) is 27.6 Å². The van der Waals surface area contributed by atoms with Crippen molar-refractivity contribution in [3.8, 4) is 0 Å². The predicted octanol–water partition coefficient (Wildman–Crippen LogP) is 4.29. The van der Waals surface area contributed by atoms with Gasteiger partial charge in [0.15, 0.2) is 5.70 Å². The normalized spacial score (nSPS) is 16.0. The Morgan fingerprint density at radius 2 is 1.95 bits per heavy atom. The monoisotopic (exact) mass is 409 g/mol. The number of carbonyl (C=O) groups is 1. The highest BCUT2D eigenvalue weighted by molar-refractivity contribution is 14.1. The molecule has 0 radical (unpaired) electrons. The van der Waals surface area contributed by atoms with Crippen LogP contribution in [0.15, 0.2) is 59.2 Å². The third-order valence-corrected chi connectivity index (χ3v) is 3.88. The number of ether oxygens (including phenoxy) is 1. The number of rotatable bonds is 2. The Bertz CT molecular complexity index is 783. The molecule has 0 spiro atoms. The van der Waals surface area contributed by atoms with Gasteiger partial charge in [0.2, 0.25) is 5.90 Å². The highest BCUT2D eigenvalue weighted by Gasteiger charge is 2.25. The number of halogens is 2. The molecule has 0 bridgehead atoms. The van der Waals surface area contributed by atoms with Gasteiger partial charge in [-0.1, -0.05) is 35.9 Å². The van der Waals surface area contributed by atoms with Crippen molar-refractivity contribution in [3.63, 3.8) is 0 Å². The molecule has 0 amide bonds. The molecule has 0 saturated heterocycles. The largest absolute Gasteiger partial charge is 0.402 e. The van der Waals surface area contributed by atoms with E-state index in [1.54, 1.807) is 18.2 Å². The molecular weight excluding hydrogens is 401 g/mol. The van der Waals surface area contributed by atoms with E-state index in [9.17, 15) is 4.79 Å². The predicted molar refractivity (Wildman–Crippen MR) is 91.2 cm³/mol. The highest BCUT2D eigenvalue weighted by Crippen LogP contribution is 2.23. The molecule has 1 heterocycles. The number of cyclic esters (lactones) is 1. The maximum absolute atomic E-state index is 11.9. The maximum atomic E-state index is 11.9. The number of aliphatic imine (C=N–C) groups is 1. The van der Waals surface area contributed by atoms with Gasteiger partial charge in [-0.2, -0.15) is 0 Å². The zero-order valence-electron chi connectivity index (χ0n) is 10.7. The third kappa shape index (κ3) is 3.16. The van der Waals surface area contributed by atoms with Crippen LogP contribution in [0.4, 0.5) is 0 Å². The summed E-state index contributed by atoms with van der Waals surface area (Å²) in [5.41, 5.74) is 1.78. The second kappa shape index (κ2) is 5.99. The van der Waals surface area contributed by atoms with E-state index >= 15 is 0 Å². The van der Waals surface area contributed by atoms with Crippen molar-refractivity contribution in [2.75, 3.05) is 0 Å². The van der Waals surface area contributed by atoms with Crippen LogP contribution in [-0.4, -0.2) is 11.9 Å². The van der Waals surface area contributed by atoms with E-state index in [1.807, 2.05) is 36.4 Å². The van der Waals surface area contributed by atoms with E-state index in [4.69, 9.17) is 16.3 Å².